The van der Waals surface area contributed by atoms with E-state index >= 15 is 0 Å². The quantitative estimate of drug-likeness (QED) is 0.336. The van der Waals surface area contributed by atoms with E-state index in [-0.39, 0.29) is 0 Å². The second kappa shape index (κ2) is 7.73. The van der Waals surface area contributed by atoms with Gasteiger partial charge in [-0.15, -0.1) is 13.2 Å². The number of hydrogen-bond acceptors (Lipinski definition) is 1. The molecule has 0 heterocycles. The summed E-state index contributed by atoms with van der Waals surface area (Å²) in [6.07, 6.45) is -3.13. The van der Waals surface area contributed by atoms with Gasteiger partial charge in [-0.25, -0.2) is 0 Å². The molecule has 2 nitrogen and oxygen atoms in total. The zero-order valence-corrected chi connectivity index (χ0v) is 9.78. The van der Waals surface area contributed by atoms with Gasteiger partial charge in [0, 0.05) is 12.7 Å². The van der Waals surface area contributed by atoms with Gasteiger partial charge >= 0.3 is 6.18 Å². The summed E-state index contributed by atoms with van der Waals surface area (Å²) < 4.78 is 36.7. The van der Waals surface area contributed by atoms with E-state index in [1.165, 1.54) is 6.08 Å². The first-order valence-electron chi connectivity index (χ1n) is 4.43. The van der Waals surface area contributed by atoms with Gasteiger partial charge in [-0.2, -0.15) is 13.2 Å². The van der Waals surface area contributed by atoms with Crippen molar-refractivity contribution < 1.29 is 13.2 Å². The van der Waals surface area contributed by atoms with Crippen molar-refractivity contribution >= 4 is 5.84 Å². The van der Waals surface area contributed by atoms with Crippen LogP contribution >= 0.6 is 0 Å². The third-order valence-corrected chi connectivity index (χ3v) is 1.49. The van der Waals surface area contributed by atoms with E-state index in [4.69, 9.17) is 0 Å². The molecule has 0 rings (SSSR count). The maximum Gasteiger partial charge on any atom is 0.449 e. The number of alkyl halides is 3. The van der Waals surface area contributed by atoms with Gasteiger partial charge in [0.2, 0.25) is 5.84 Å². The Morgan fingerprint density at radius 3 is 1.88 bits per heavy atom. The fraction of sp³-hybridized carbons (Fsp3) is 0.364. The van der Waals surface area contributed by atoms with E-state index in [0.29, 0.717) is 11.3 Å². The Morgan fingerprint density at radius 2 is 1.69 bits per heavy atom. The van der Waals surface area contributed by atoms with Gasteiger partial charge in [0.25, 0.3) is 0 Å². The third-order valence-electron chi connectivity index (χ3n) is 1.49. The molecular weight excluding hydrogens is 217 g/mol. The lowest BCUT2D eigenvalue weighted by Gasteiger charge is -2.13. The molecule has 0 aromatic carbocycles. The topological polar surface area (TPSA) is 24.4 Å². The zero-order chi connectivity index (χ0) is 13.4. The van der Waals surface area contributed by atoms with Crippen LogP contribution in [0.1, 0.15) is 13.8 Å². The SMILES string of the molecule is C=C.C=CC(NC(=NC)C(F)(F)F)=C(C)C. The van der Waals surface area contributed by atoms with E-state index in [9.17, 15) is 13.2 Å². The number of nitrogens with one attached hydrogen (secondary N) is 1. The van der Waals surface area contributed by atoms with E-state index in [2.05, 4.69) is 30.0 Å². The summed E-state index contributed by atoms with van der Waals surface area (Å²) in [5.74, 6) is -1.02. The van der Waals surface area contributed by atoms with Crippen LogP contribution in [-0.4, -0.2) is 19.1 Å². The largest absolute Gasteiger partial charge is 0.449 e. The molecule has 0 aliphatic rings. The maximum atomic E-state index is 12.2. The highest BCUT2D eigenvalue weighted by Crippen LogP contribution is 2.17. The molecule has 0 unspecified atom stereocenters. The van der Waals surface area contributed by atoms with Crippen molar-refractivity contribution in [2.24, 2.45) is 4.99 Å². The lowest BCUT2D eigenvalue weighted by atomic mass is 10.2. The van der Waals surface area contributed by atoms with Crippen LogP contribution in [-0.2, 0) is 0 Å². The van der Waals surface area contributed by atoms with Crippen LogP contribution in [0.15, 0.2) is 42.1 Å². The Morgan fingerprint density at radius 1 is 1.25 bits per heavy atom. The molecule has 0 aromatic rings. The summed E-state index contributed by atoms with van der Waals surface area (Å²) in [5, 5.41) is 2.18. The highest BCUT2D eigenvalue weighted by molar-refractivity contribution is 5.89. The predicted molar refractivity (Wildman–Crippen MR) is 62.4 cm³/mol. The van der Waals surface area contributed by atoms with Crippen molar-refractivity contribution in [3.8, 4) is 0 Å². The Labute approximate surface area is 94.3 Å². The molecule has 0 aliphatic carbocycles. The van der Waals surface area contributed by atoms with Crippen molar-refractivity contribution in [1.82, 2.24) is 5.32 Å². The first-order valence-corrected chi connectivity index (χ1v) is 4.43. The predicted octanol–water partition coefficient (Wildman–Crippen LogP) is 3.45. The van der Waals surface area contributed by atoms with Crippen LogP contribution in [0.3, 0.4) is 0 Å². The fourth-order valence-corrected chi connectivity index (χ4v) is 0.761. The minimum atomic E-state index is -4.46. The molecule has 92 valence electrons. The van der Waals surface area contributed by atoms with Gasteiger partial charge in [-0.1, -0.05) is 12.2 Å². The van der Waals surface area contributed by atoms with Crippen molar-refractivity contribution in [3.63, 3.8) is 0 Å². The van der Waals surface area contributed by atoms with Crippen LogP contribution in [0.4, 0.5) is 13.2 Å². The summed E-state index contributed by atoms with van der Waals surface area (Å²) >= 11 is 0. The number of allylic oxidation sites excluding steroid dienone is 2. The third kappa shape index (κ3) is 6.06. The first kappa shape index (κ1) is 16.9. The number of nitrogens with zero attached hydrogens (tertiary/aromatic N) is 1. The number of hydrogen-bond donors (Lipinski definition) is 1. The monoisotopic (exact) mass is 234 g/mol. The molecular formula is C11H17F3N2. The van der Waals surface area contributed by atoms with Gasteiger partial charge in [0.1, 0.15) is 0 Å². The lowest BCUT2D eigenvalue weighted by Crippen LogP contribution is -2.36. The molecule has 0 spiro atoms. The average Bonchev–Trinajstić information content (AvgIpc) is 2.20. The van der Waals surface area contributed by atoms with Gasteiger partial charge in [-0.05, 0) is 19.9 Å². The molecule has 5 heteroatoms. The molecule has 1 N–H and O–H groups in total. The molecule has 0 amide bonds. The number of amidine groups is 1. The first-order chi connectivity index (χ1) is 7.32. The normalized spacial score (nSPS) is 11.0. The standard InChI is InChI=1S/C9H13F3N2.C2H4/c1-5-7(6(2)3)14-8(13-4)9(10,11)12;1-2/h5H,1H2,2-4H3,(H,13,14);1-2H2. The molecule has 16 heavy (non-hydrogen) atoms. The van der Waals surface area contributed by atoms with E-state index in [1.54, 1.807) is 13.8 Å². The Kier molecular flexibility index (Phi) is 8.16. The van der Waals surface area contributed by atoms with E-state index < -0.39 is 12.0 Å². The minimum absolute atomic E-state index is 0.322. The van der Waals surface area contributed by atoms with Crippen LogP contribution in [0.5, 0.6) is 0 Å². The number of rotatable bonds is 2. The summed E-state index contributed by atoms with van der Waals surface area (Å²) in [5.41, 5.74) is 1.04. The van der Waals surface area contributed by atoms with E-state index in [1.807, 2.05) is 0 Å². The number of aliphatic imine (C=N–C) groups is 1. The average molecular weight is 234 g/mol. The lowest BCUT2D eigenvalue weighted by molar-refractivity contribution is -0.0613. The molecule has 0 radical (unpaired) electrons. The molecule has 0 atom stereocenters. The summed E-state index contributed by atoms with van der Waals surface area (Å²) in [6, 6.07) is 0. The minimum Gasteiger partial charge on any atom is -0.337 e. The van der Waals surface area contributed by atoms with Crippen molar-refractivity contribution in [2.45, 2.75) is 20.0 Å². The van der Waals surface area contributed by atoms with E-state index in [0.717, 1.165) is 7.05 Å². The molecule has 0 saturated carbocycles. The summed E-state index contributed by atoms with van der Waals surface area (Å²) in [4.78, 5) is 3.13. The summed E-state index contributed by atoms with van der Waals surface area (Å²) in [7, 11) is 1.08. The van der Waals surface area contributed by atoms with Crippen LogP contribution in [0.2, 0.25) is 0 Å². The van der Waals surface area contributed by atoms with Gasteiger partial charge in [0.15, 0.2) is 0 Å². The van der Waals surface area contributed by atoms with Gasteiger partial charge < -0.3 is 5.32 Å². The van der Waals surface area contributed by atoms with Gasteiger partial charge in [-0.3, -0.25) is 4.99 Å². The second-order valence-electron chi connectivity index (χ2n) is 2.81. The molecule has 0 aromatic heterocycles. The highest BCUT2D eigenvalue weighted by Gasteiger charge is 2.35. The smallest absolute Gasteiger partial charge is 0.337 e. The van der Waals surface area contributed by atoms with Crippen molar-refractivity contribution in [1.29, 1.82) is 0 Å². The van der Waals surface area contributed by atoms with Crippen LogP contribution in [0, 0.1) is 0 Å². The van der Waals surface area contributed by atoms with Crippen molar-refractivity contribution in [2.75, 3.05) is 7.05 Å². The Hall–Kier alpha value is -1.52. The molecule has 0 aliphatic heterocycles. The molecule has 0 bridgehead atoms. The van der Waals surface area contributed by atoms with Crippen LogP contribution < -0.4 is 5.32 Å². The van der Waals surface area contributed by atoms with Crippen molar-refractivity contribution in [3.05, 3.63) is 37.1 Å². The molecule has 0 fully saturated rings. The Bertz CT molecular complexity index is 284. The summed E-state index contributed by atoms with van der Waals surface area (Å²) in [6.45, 7) is 12.8. The zero-order valence-electron chi connectivity index (χ0n) is 9.78. The van der Waals surface area contributed by atoms with Gasteiger partial charge in [0.05, 0.1) is 0 Å². The fourth-order valence-electron chi connectivity index (χ4n) is 0.761. The maximum absolute atomic E-state index is 12.2. The number of halogens is 3. The second-order valence-corrected chi connectivity index (χ2v) is 2.81. The Balaban J connectivity index is 0. The molecule has 0 saturated heterocycles. The van der Waals surface area contributed by atoms with Crippen LogP contribution in [0.25, 0.3) is 0 Å². The highest BCUT2D eigenvalue weighted by atomic mass is 19.4.